The van der Waals surface area contributed by atoms with E-state index in [-0.39, 0.29) is 24.1 Å². The monoisotopic (exact) mass is 489 g/mol. The highest BCUT2D eigenvalue weighted by molar-refractivity contribution is 7.92. The van der Waals surface area contributed by atoms with E-state index in [1.807, 2.05) is 45.0 Å². The van der Waals surface area contributed by atoms with E-state index in [0.717, 1.165) is 21.7 Å². The summed E-state index contributed by atoms with van der Waals surface area (Å²) in [5.74, 6) is -0.206. The topological polar surface area (TPSA) is 96.0 Å². The quantitative estimate of drug-likeness (QED) is 0.524. The third kappa shape index (κ3) is 7.21. The number of methoxy groups -OCH3 is 1. The second-order valence-corrected chi connectivity index (χ2v) is 10.6. The van der Waals surface area contributed by atoms with E-state index in [1.165, 1.54) is 12.0 Å². The van der Waals surface area contributed by atoms with Crippen molar-refractivity contribution in [3.8, 4) is 5.75 Å². The summed E-state index contributed by atoms with van der Waals surface area (Å²) in [6.07, 6.45) is 1.04. The molecule has 2 aromatic carbocycles. The minimum atomic E-state index is -3.82. The molecule has 34 heavy (non-hydrogen) atoms. The highest BCUT2D eigenvalue weighted by Gasteiger charge is 2.31. The average Bonchev–Trinajstić information content (AvgIpc) is 2.79. The first-order valence-corrected chi connectivity index (χ1v) is 13.0. The molecule has 2 rings (SSSR count). The predicted octanol–water partition coefficient (Wildman–Crippen LogP) is 2.96. The number of aryl methyl sites for hydroxylation is 1. The van der Waals surface area contributed by atoms with Crippen LogP contribution < -0.4 is 14.4 Å². The molecule has 1 N–H and O–H groups in total. The lowest BCUT2D eigenvalue weighted by atomic mass is 10.1. The Morgan fingerprint density at radius 2 is 1.65 bits per heavy atom. The molecular formula is C25H35N3O5S. The Kier molecular flexibility index (Phi) is 9.49. The molecule has 0 bridgehead atoms. The Hall–Kier alpha value is -3.07. The highest BCUT2D eigenvalue weighted by atomic mass is 32.2. The molecule has 9 heteroatoms. The van der Waals surface area contributed by atoms with Gasteiger partial charge in [0.2, 0.25) is 21.8 Å². The Bertz CT molecular complexity index is 1100. The van der Waals surface area contributed by atoms with Crippen LogP contribution in [0.15, 0.2) is 48.5 Å². The maximum Gasteiger partial charge on any atom is 0.244 e. The number of benzene rings is 2. The molecule has 2 aromatic rings. The number of amides is 2. The molecule has 0 fully saturated rings. The van der Waals surface area contributed by atoms with Crippen LogP contribution in [0.1, 0.15) is 31.9 Å². The molecule has 0 spiro atoms. The molecule has 0 radical (unpaired) electrons. The molecular weight excluding hydrogens is 454 g/mol. The number of nitrogens with zero attached hydrogens (tertiary/aromatic N) is 2. The SMILES string of the molecule is COc1ccccc1N(CC(=O)N(Cc1ccccc1C)[C@H](C)C(=O)NCC(C)C)S(C)(=O)=O. The number of carbonyl (C=O) groups is 2. The van der Waals surface area contributed by atoms with Gasteiger partial charge in [0.1, 0.15) is 18.3 Å². The van der Waals surface area contributed by atoms with Gasteiger partial charge in [0.15, 0.2) is 0 Å². The maximum absolute atomic E-state index is 13.6. The van der Waals surface area contributed by atoms with Gasteiger partial charge in [0.25, 0.3) is 0 Å². The minimum Gasteiger partial charge on any atom is -0.495 e. The van der Waals surface area contributed by atoms with Crippen LogP contribution in [-0.2, 0) is 26.2 Å². The van der Waals surface area contributed by atoms with Crippen molar-refractivity contribution >= 4 is 27.5 Å². The van der Waals surface area contributed by atoms with Crippen LogP contribution in [0.25, 0.3) is 0 Å². The lowest BCUT2D eigenvalue weighted by Crippen LogP contribution is -2.51. The molecule has 0 saturated carbocycles. The summed E-state index contributed by atoms with van der Waals surface area (Å²) in [6.45, 7) is 7.74. The zero-order valence-electron chi connectivity index (χ0n) is 20.7. The van der Waals surface area contributed by atoms with Gasteiger partial charge in [-0.2, -0.15) is 0 Å². The fraction of sp³-hybridized carbons (Fsp3) is 0.440. The van der Waals surface area contributed by atoms with E-state index in [0.29, 0.717) is 12.3 Å². The molecule has 0 aromatic heterocycles. The van der Waals surface area contributed by atoms with Gasteiger partial charge < -0.3 is 15.0 Å². The lowest BCUT2D eigenvalue weighted by Gasteiger charge is -2.32. The first-order valence-electron chi connectivity index (χ1n) is 11.2. The summed E-state index contributed by atoms with van der Waals surface area (Å²) in [6, 6.07) is 13.4. The van der Waals surface area contributed by atoms with Gasteiger partial charge in [0, 0.05) is 13.1 Å². The summed E-state index contributed by atoms with van der Waals surface area (Å²) >= 11 is 0. The van der Waals surface area contributed by atoms with Crippen molar-refractivity contribution in [1.29, 1.82) is 0 Å². The largest absolute Gasteiger partial charge is 0.495 e. The number of rotatable bonds is 11. The molecule has 8 nitrogen and oxygen atoms in total. The second kappa shape index (κ2) is 11.9. The molecule has 0 saturated heterocycles. The summed E-state index contributed by atoms with van der Waals surface area (Å²) in [5.41, 5.74) is 2.11. The van der Waals surface area contributed by atoms with E-state index < -0.39 is 28.5 Å². The van der Waals surface area contributed by atoms with E-state index in [1.54, 1.807) is 31.2 Å². The molecule has 0 unspecified atom stereocenters. The number of para-hydroxylation sites is 2. The number of ether oxygens (including phenoxy) is 1. The van der Waals surface area contributed by atoms with Crippen LogP contribution in [-0.4, -0.2) is 57.6 Å². The fourth-order valence-corrected chi connectivity index (χ4v) is 4.29. The fourth-order valence-electron chi connectivity index (χ4n) is 3.44. The number of sulfonamides is 1. The van der Waals surface area contributed by atoms with E-state index in [2.05, 4.69) is 5.32 Å². The third-order valence-corrected chi connectivity index (χ3v) is 6.61. The summed E-state index contributed by atoms with van der Waals surface area (Å²) in [4.78, 5) is 27.9. The van der Waals surface area contributed by atoms with Crippen LogP contribution in [0.2, 0.25) is 0 Å². The van der Waals surface area contributed by atoms with Crippen molar-refractivity contribution in [2.24, 2.45) is 5.92 Å². The summed E-state index contributed by atoms with van der Waals surface area (Å²) in [7, 11) is -2.39. The molecule has 0 aliphatic rings. The second-order valence-electron chi connectivity index (χ2n) is 8.70. The van der Waals surface area contributed by atoms with Gasteiger partial charge in [-0.3, -0.25) is 13.9 Å². The Balaban J connectivity index is 2.42. The van der Waals surface area contributed by atoms with Gasteiger partial charge in [-0.1, -0.05) is 50.2 Å². The predicted molar refractivity (Wildman–Crippen MR) is 134 cm³/mol. The normalized spacial score (nSPS) is 12.2. The first kappa shape index (κ1) is 27.2. The summed E-state index contributed by atoms with van der Waals surface area (Å²) < 4.78 is 31.7. The highest BCUT2D eigenvalue weighted by Crippen LogP contribution is 2.29. The number of anilines is 1. The number of hydrogen-bond acceptors (Lipinski definition) is 5. The smallest absolute Gasteiger partial charge is 0.244 e. The molecule has 2 amide bonds. The average molecular weight is 490 g/mol. The van der Waals surface area contributed by atoms with Gasteiger partial charge in [-0.15, -0.1) is 0 Å². The molecule has 0 aliphatic carbocycles. The van der Waals surface area contributed by atoms with Crippen molar-refractivity contribution in [3.05, 3.63) is 59.7 Å². The summed E-state index contributed by atoms with van der Waals surface area (Å²) in [5, 5.41) is 2.87. The number of carbonyl (C=O) groups excluding carboxylic acids is 2. The molecule has 1 atom stereocenters. The van der Waals surface area contributed by atoms with Crippen LogP contribution in [0, 0.1) is 12.8 Å². The van der Waals surface area contributed by atoms with Crippen LogP contribution in [0.3, 0.4) is 0 Å². The Labute approximate surface area is 202 Å². The maximum atomic E-state index is 13.6. The Morgan fingerprint density at radius 3 is 2.24 bits per heavy atom. The lowest BCUT2D eigenvalue weighted by molar-refractivity contribution is -0.139. The van der Waals surface area contributed by atoms with E-state index >= 15 is 0 Å². The van der Waals surface area contributed by atoms with Gasteiger partial charge in [-0.05, 0) is 43.0 Å². The minimum absolute atomic E-state index is 0.172. The first-order chi connectivity index (χ1) is 16.0. The third-order valence-electron chi connectivity index (χ3n) is 5.49. The van der Waals surface area contributed by atoms with E-state index in [9.17, 15) is 18.0 Å². The number of hydrogen-bond donors (Lipinski definition) is 1. The van der Waals surface area contributed by atoms with Crippen LogP contribution in [0.4, 0.5) is 5.69 Å². The van der Waals surface area contributed by atoms with Crippen molar-refractivity contribution in [1.82, 2.24) is 10.2 Å². The van der Waals surface area contributed by atoms with Crippen molar-refractivity contribution in [2.75, 3.05) is 30.8 Å². The van der Waals surface area contributed by atoms with Crippen molar-refractivity contribution in [3.63, 3.8) is 0 Å². The van der Waals surface area contributed by atoms with Gasteiger partial charge >= 0.3 is 0 Å². The number of nitrogens with one attached hydrogen (secondary N) is 1. The van der Waals surface area contributed by atoms with Crippen molar-refractivity contribution < 1.29 is 22.7 Å². The molecule has 0 heterocycles. The van der Waals surface area contributed by atoms with Crippen LogP contribution in [0.5, 0.6) is 5.75 Å². The van der Waals surface area contributed by atoms with Crippen LogP contribution >= 0.6 is 0 Å². The standard InChI is InChI=1S/C25H35N3O5S/c1-18(2)15-26-25(30)20(4)27(16-21-12-8-7-11-19(21)3)24(29)17-28(34(6,31)32)22-13-9-10-14-23(22)33-5/h7-14,18,20H,15-17H2,1-6H3,(H,26,30)/t20-/m1/s1. The van der Waals surface area contributed by atoms with Gasteiger partial charge in [-0.25, -0.2) is 8.42 Å². The van der Waals surface area contributed by atoms with E-state index in [4.69, 9.17) is 4.74 Å². The van der Waals surface area contributed by atoms with Gasteiger partial charge in [0.05, 0.1) is 19.1 Å². The molecule has 0 aliphatic heterocycles. The van der Waals surface area contributed by atoms with Crippen molar-refractivity contribution in [2.45, 2.75) is 40.3 Å². The zero-order chi connectivity index (χ0) is 25.5. The zero-order valence-corrected chi connectivity index (χ0v) is 21.6. The Morgan fingerprint density at radius 1 is 1.03 bits per heavy atom. The molecule has 186 valence electrons.